The molecule has 0 radical (unpaired) electrons. The molecule has 0 spiro atoms. The maximum Gasteiger partial charge on any atom is 0.274 e. The van der Waals surface area contributed by atoms with Gasteiger partial charge in [-0.2, -0.15) is 5.10 Å². The first-order chi connectivity index (χ1) is 13.1. The van der Waals surface area contributed by atoms with Gasteiger partial charge in [-0.15, -0.1) is 0 Å². The van der Waals surface area contributed by atoms with E-state index in [0.717, 1.165) is 75.2 Å². The van der Waals surface area contributed by atoms with Crippen LogP contribution in [0.2, 0.25) is 10.0 Å². The lowest BCUT2D eigenvalue weighted by Crippen LogP contribution is -2.42. The number of benzene rings is 1. The number of aromatic nitrogens is 2. The van der Waals surface area contributed by atoms with E-state index in [1.165, 1.54) is 0 Å². The Labute approximate surface area is 168 Å². The number of rotatable bonds is 2. The third-order valence-corrected chi connectivity index (χ3v) is 6.94. The Morgan fingerprint density at radius 3 is 2.63 bits per heavy atom. The highest BCUT2D eigenvalue weighted by Crippen LogP contribution is 2.32. The zero-order valence-electron chi connectivity index (χ0n) is 15.1. The third-order valence-electron chi connectivity index (χ3n) is 6.20. The Morgan fingerprint density at radius 1 is 1.04 bits per heavy atom. The van der Waals surface area contributed by atoms with Crippen LogP contribution in [0.3, 0.4) is 0 Å². The molecule has 1 aromatic carbocycles. The zero-order chi connectivity index (χ0) is 18.5. The molecule has 3 aliphatic heterocycles. The molecule has 3 fully saturated rings. The van der Waals surface area contributed by atoms with Gasteiger partial charge in [-0.1, -0.05) is 23.2 Å². The average molecular weight is 405 g/mol. The van der Waals surface area contributed by atoms with E-state index in [1.54, 1.807) is 6.07 Å². The molecule has 2 aromatic rings. The summed E-state index contributed by atoms with van der Waals surface area (Å²) in [7, 11) is 0. The second kappa shape index (κ2) is 6.80. The normalized spacial score (nSPS) is 24.1. The van der Waals surface area contributed by atoms with Crippen LogP contribution in [-0.4, -0.2) is 57.7 Å². The molecule has 1 amide bonds. The van der Waals surface area contributed by atoms with Crippen LogP contribution in [-0.2, 0) is 12.8 Å². The van der Waals surface area contributed by atoms with Gasteiger partial charge in [0, 0.05) is 43.5 Å². The molecule has 7 heteroatoms. The fourth-order valence-electron chi connectivity index (χ4n) is 4.73. The fraction of sp³-hybridized carbons (Fsp3) is 0.500. The van der Waals surface area contributed by atoms with Crippen LogP contribution in [0.25, 0.3) is 5.69 Å². The van der Waals surface area contributed by atoms with Crippen molar-refractivity contribution in [3.05, 3.63) is 45.2 Å². The van der Waals surface area contributed by atoms with E-state index >= 15 is 0 Å². The topological polar surface area (TPSA) is 41.4 Å². The van der Waals surface area contributed by atoms with Gasteiger partial charge in [0.1, 0.15) is 0 Å². The van der Waals surface area contributed by atoms with E-state index in [-0.39, 0.29) is 5.91 Å². The van der Waals surface area contributed by atoms with Crippen LogP contribution in [0.15, 0.2) is 18.2 Å². The smallest absolute Gasteiger partial charge is 0.274 e. The van der Waals surface area contributed by atoms with Crippen LogP contribution < -0.4 is 0 Å². The monoisotopic (exact) mass is 404 g/mol. The Morgan fingerprint density at radius 2 is 1.85 bits per heavy atom. The van der Waals surface area contributed by atoms with Crippen molar-refractivity contribution in [1.82, 2.24) is 19.6 Å². The molecule has 3 saturated heterocycles. The van der Waals surface area contributed by atoms with Crippen LogP contribution >= 0.6 is 23.2 Å². The highest BCUT2D eigenvalue weighted by atomic mass is 35.5. The minimum absolute atomic E-state index is 0.0979. The molecule has 5 nitrogen and oxygen atoms in total. The summed E-state index contributed by atoms with van der Waals surface area (Å²) < 4.78 is 1.90. The second-order valence-corrected chi connectivity index (χ2v) is 8.52. The van der Waals surface area contributed by atoms with Crippen molar-refractivity contribution in [2.24, 2.45) is 0 Å². The van der Waals surface area contributed by atoms with E-state index in [2.05, 4.69) is 9.80 Å². The quantitative estimate of drug-likeness (QED) is 0.767. The number of halogens is 2. The number of hydrogen-bond donors (Lipinski definition) is 0. The number of hydrogen-bond acceptors (Lipinski definition) is 3. The highest BCUT2D eigenvalue weighted by molar-refractivity contribution is 6.42. The molecule has 1 aliphatic carbocycles. The molecule has 142 valence electrons. The number of nitrogens with zero attached hydrogens (tertiary/aromatic N) is 4. The lowest BCUT2D eigenvalue weighted by Gasteiger charge is -2.31. The van der Waals surface area contributed by atoms with Gasteiger partial charge < -0.3 is 9.80 Å². The summed E-state index contributed by atoms with van der Waals surface area (Å²) in [4.78, 5) is 18.0. The van der Waals surface area contributed by atoms with E-state index in [4.69, 9.17) is 28.3 Å². The molecule has 0 N–H and O–H groups in total. The van der Waals surface area contributed by atoms with Crippen LogP contribution in [0.1, 0.15) is 41.0 Å². The van der Waals surface area contributed by atoms with E-state index in [1.807, 2.05) is 16.8 Å². The van der Waals surface area contributed by atoms with Gasteiger partial charge in [0.05, 0.1) is 15.7 Å². The van der Waals surface area contributed by atoms with Gasteiger partial charge in [-0.05, 0) is 50.3 Å². The van der Waals surface area contributed by atoms with E-state index in [0.29, 0.717) is 21.8 Å². The van der Waals surface area contributed by atoms with Gasteiger partial charge in [-0.3, -0.25) is 4.79 Å². The van der Waals surface area contributed by atoms with Crippen molar-refractivity contribution in [3.63, 3.8) is 0 Å². The van der Waals surface area contributed by atoms with Crippen molar-refractivity contribution in [3.8, 4) is 5.69 Å². The first-order valence-electron chi connectivity index (χ1n) is 9.71. The molecule has 4 aliphatic rings. The van der Waals surface area contributed by atoms with Crippen molar-refractivity contribution >= 4 is 29.1 Å². The standard InChI is InChI=1S/C20H22Cl2N4O/c21-16-5-4-14(12-17(16)22)26-18-3-1-2-15(18)19(23-26)20(27)25-11-10-24-8-6-13(25)7-9-24/h4-5,12-13H,1-3,6-11H2. The van der Waals surface area contributed by atoms with Crippen LogP contribution in [0.5, 0.6) is 0 Å². The number of carbonyl (C=O) groups is 1. The first kappa shape index (κ1) is 17.5. The maximum absolute atomic E-state index is 13.5. The summed E-state index contributed by atoms with van der Waals surface area (Å²) in [6.07, 6.45) is 5.06. The maximum atomic E-state index is 13.5. The predicted molar refractivity (Wildman–Crippen MR) is 106 cm³/mol. The average Bonchev–Trinajstić information content (AvgIpc) is 3.15. The first-order valence-corrected chi connectivity index (χ1v) is 10.5. The minimum Gasteiger partial charge on any atom is -0.333 e. The number of amides is 1. The lowest BCUT2D eigenvalue weighted by molar-refractivity contribution is 0.0677. The molecule has 4 heterocycles. The summed E-state index contributed by atoms with van der Waals surface area (Å²) in [6, 6.07) is 5.87. The highest BCUT2D eigenvalue weighted by Gasteiger charge is 2.36. The van der Waals surface area contributed by atoms with Gasteiger partial charge >= 0.3 is 0 Å². The van der Waals surface area contributed by atoms with Crippen LogP contribution in [0.4, 0.5) is 0 Å². The van der Waals surface area contributed by atoms with E-state index < -0.39 is 0 Å². The molecule has 1 aromatic heterocycles. The summed E-state index contributed by atoms with van der Waals surface area (Å²) >= 11 is 12.3. The van der Waals surface area contributed by atoms with Crippen molar-refractivity contribution < 1.29 is 4.79 Å². The molecular formula is C20H22Cl2N4O. The number of piperidine rings is 1. The van der Waals surface area contributed by atoms with Crippen molar-refractivity contribution in [1.29, 1.82) is 0 Å². The van der Waals surface area contributed by atoms with Gasteiger partial charge in [0.25, 0.3) is 5.91 Å². The summed E-state index contributed by atoms with van der Waals surface area (Å²) in [5.41, 5.74) is 3.75. The second-order valence-electron chi connectivity index (χ2n) is 7.71. The third kappa shape index (κ3) is 2.96. The number of carbonyl (C=O) groups excluding carboxylic acids is 1. The fourth-order valence-corrected chi connectivity index (χ4v) is 5.02. The SMILES string of the molecule is O=C(c1nn(-c2ccc(Cl)c(Cl)c2)c2c1CCC2)N1CCN2CCC1CC2. The van der Waals surface area contributed by atoms with Crippen molar-refractivity contribution in [2.75, 3.05) is 26.2 Å². The van der Waals surface area contributed by atoms with Crippen molar-refractivity contribution in [2.45, 2.75) is 38.1 Å². The summed E-state index contributed by atoms with van der Waals surface area (Å²) in [6.45, 7) is 3.98. The molecule has 2 bridgehead atoms. The Balaban J connectivity index is 1.53. The van der Waals surface area contributed by atoms with Gasteiger partial charge in [-0.25, -0.2) is 4.68 Å². The predicted octanol–water partition coefficient (Wildman–Crippen LogP) is 3.59. The zero-order valence-corrected chi connectivity index (χ0v) is 16.6. The molecule has 0 saturated carbocycles. The number of fused-ring (bicyclic) bond motifs is 5. The Kier molecular flexibility index (Phi) is 4.42. The Hall–Kier alpha value is -1.56. The van der Waals surface area contributed by atoms with Gasteiger partial charge in [0.2, 0.25) is 0 Å². The lowest BCUT2D eigenvalue weighted by atomic mass is 10.0. The molecule has 6 rings (SSSR count). The molecule has 27 heavy (non-hydrogen) atoms. The molecular weight excluding hydrogens is 383 g/mol. The summed E-state index contributed by atoms with van der Waals surface area (Å²) in [5, 5.41) is 5.80. The minimum atomic E-state index is 0.0979. The Bertz CT molecular complexity index is 902. The molecule has 0 atom stereocenters. The summed E-state index contributed by atoms with van der Waals surface area (Å²) in [5.74, 6) is 0.0979. The molecule has 0 unspecified atom stereocenters. The van der Waals surface area contributed by atoms with Gasteiger partial charge in [0.15, 0.2) is 5.69 Å². The van der Waals surface area contributed by atoms with E-state index in [9.17, 15) is 4.79 Å². The largest absolute Gasteiger partial charge is 0.333 e. The van der Waals surface area contributed by atoms with Crippen LogP contribution in [0, 0.1) is 0 Å².